The summed E-state index contributed by atoms with van der Waals surface area (Å²) in [5.74, 6) is -0.294. The number of hydrogen-bond donors (Lipinski definition) is 3. The van der Waals surface area contributed by atoms with Gasteiger partial charge >= 0.3 is 0 Å². The molecule has 2 aromatic heterocycles. The number of halogens is 2. The Morgan fingerprint density at radius 3 is 2.15 bits per heavy atom. The Hall–Kier alpha value is -4.15. The maximum Gasteiger partial charge on any atom is 0.257 e. The topological polar surface area (TPSA) is 116 Å². The van der Waals surface area contributed by atoms with Crippen molar-refractivity contribution in [3.63, 3.8) is 0 Å². The highest BCUT2D eigenvalue weighted by Crippen LogP contribution is 2.23. The van der Waals surface area contributed by atoms with Crippen molar-refractivity contribution in [3.05, 3.63) is 114 Å². The third-order valence-electron chi connectivity index (χ3n) is 6.01. The van der Waals surface area contributed by atoms with Crippen molar-refractivity contribution in [3.8, 4) is 0 Å². The van der Waals surface area contributed by atoms with Gasteiger partial charge in [-0.2, -0.15) is 0 Å². The molecule has 5 rings (SSSR count). The fourth-order valence-electron chi connectivity index (χ4n) is 4.01. The molecule has 10 heteroatoms. The Bertz CT molecular complexity index is 1750. The molecule has 5 aromatic rings. The van der Waals surface area contributed by atoms with Gasteiger partial charge in [0.1, 0.15) is 0 Å². The van der Waals surface area contributed by atoms with Crippen molar-refractivity contribution in [1.82, 2.24) is 9.13 Å². The number of fused-ring (bicyclic) bond motifs is 1. The van der Waals surface area contributed by atoms with E-state index in [1.807, 2.05) is 102 Å². The summed E-state index contributed by atoms with van der Waals surface area (Å²) in [6.45, 7) is 0. The number of amides is 1. The van der Waals surface area contributed by atoms with Gasteiger partial charge in [0.2, 0.25) is 0 Å². The van der Waals surface area contributed by atoms with Crippen LogP contribution in [0.25, 0.3) is 10.9 Å². The molecule has 3 aromatic carbocycles. The second-order valence-electron chi connectivity index (χ2n) is 8.81. The summed E-state index contributed by atoms with van der Waals surface area (Å²) >= 11 is 0. The molecule has 2 heterocycles. The standard InChI is InChI=1S/C29H27N7O.2BrH/c1-35-14-11-22(12-15-35)32-20-4-6-21(7-5-20)34-29(37)24-10-8-23(18-26(24)31)33-27-13-16-36(2)28-17-19(30)3-9-25(27)28;;/h3-18H,30-31H2,1-2H3,(H,34,37);2*1H. The predicted molar refractivity (Wildman–Crippen MR) is 169 cm³/mol. The molecule has 0 saturated heterocycles. The average molecular weight is 651 g/mol. The molecule has 200 valence electrons. The van der Waals surface area contributed by atoms with E-state index in [0.717, 1.165) is 27.3 Å². The van der Waals surface area contributed by atoms with E-state index in [-0.39, 0.29) is 39.9 Å². The first-order valence-corrected chi connectivity index (χ1v) is 11.7. The van der Waals surface area contributed by atoms with Gasteiger partial charge in [-0.25, -0.2) is 9.98 Å². The summed E-state index contributed by atoms with van der Waals surface area (Å²) in [5.41, 5.74) is 16.7. The number of aromatic nitrogens is 2. The molecule has 0 radical (unpaired) electrons. The van der Waals surface area contributed by atoms with E-state index in [4.69, 9.17) is 16.5 Å². The number of hydrogen-bond acceptors (Lipinski definition) is 5. The highest BCUT2D eigenvalue weighted by molar-refractivity contribution is 8.93. The number of pyridine rings is 2. The maximum atomic E-state index is 12.9. The Balaban J connectivity index is 0.00000210. The average Bonchev–Trinajstić information content (AvgIpc) is 2.88. The van der Waals surface area contributed by atoms with E-state index >= 15 is 0 Å². The number of anilines is 3. The lowest BCUT2D eigenvalue weighted by Gasteiger charge is -2.09. The molecule has 39 heavy (non-hydrogen) atoms. The molecule has 0 fully saturated rings. The zero-order chi connectivity index (χ0) is 25.9. The smallest absolute Gasteiger partial charge is 0.257 e. The van der Waals surface area contributed by atoms with Crippen molar-refractivity contribution in [1.29, 1.82) is 0 Å². The Labute approximate surface area is 246 Å². The van der Waals surface area contributed by atoms with Gasteiger partial charge in [0, 0.05) is 55.1 Å². The van der Waals surface area contributed by atoms with E-state index in [0.29, 0.717) is 28.3 Å². The van der Waals surface area contributed by atoms with Crippen molar-refractivity contribution >= 4 is 79.2 Å². The second kappa shape index (κ2) is 12.6. The Morgan fingerprint density at radius 1 is 0.769 bits per heavy atom. The minimum atomic E-state index is -0.294. The van der Waals surface area contributed by atoms with Crippen LogP contribution in [-0.2, 0) is 14.1 Å². The molecule has 0 unspecified atom stereocenters. The minimum Gasteiger partial charge on any atom is -0.399 e. The molecule has 5 N–H and O–H groups in total. The van der Waals surface area contributed by atoms with E-state index in [9.17, 15) is 4.79 Å². The minimum absolute atomic E-state index is 0. The van der Waals surface area contributed by atoms with Crippen LogP contribution >= 0.6 is 34.0 Å². The lowest BCUT2D eigenvalue weighted by atomic mass is 10.1. The number of nitrogens with zero attached hydrogens (tertiary/aromatic N) is 4. The summed E-state index contributed by atoms with van der Waals surface area (Å²) in [6.07, 6.45) is 5.81. The molecular weight excluding hydrogens is 622 g/mol. The van der Waals surface area contributed by atoms with Gasteiger partial charge in [-0.1, -0.05) is 0 Å². The first kappa shape index (κ1) is 29.4. The summed E-state index contributed by atoms with van der Waals surface area (Å²) in [5, 5.41) is 5.51. The summed E-state index contributed by atoms with van der Waals surface area (Å²) in [4.78, 5) is 22.2. The lowest BCUT2D eigenvalue weighted by Crippen LogP contribution is -2.14. The first-order valence-electron chi connectivity index (χ1n) is 11.7. The van der Waals surface area contributed by atoms with Gasteiger partial charge in [0.05, 0.1) is 33.2 Å². The quantitative estimate of drug-likeness (QED) is 0.221. The fraction of sp³-hybridized carbons (Fsp3) is 0.0690. The van der Waals surface area contributed by atoms with Crippen LogP contribution in [0.3, 0.4) is 0 Å². The molecule has 0 aliphatic heterocycles. The van der Waals surface area contributed by atoms with E-state index in [1.54, 1.807) is 18.2 Å². The van der Waals surface area contributed by atoms with Gasteiger partial charge in [0.25, 0.3) is 5.91 Å². The summed E-state index contributed by atoms with van der Waals surface area (Å²) in [6, 6.07) is 24.0. The molecule has 0 saturated carbocycles. The summed E-state index contributed by atoms with van der Waals surface area (Å²) in [7, 11) is 3.92. The van der Waals surface area contributed by atoms with Gasteiger partial charge in [0.15, 0.2) is 0 Å². The molecule has 0 aliphatic rings. The highest BCUT2D eigenvalue weighted by atomic mass is 79.9. The van der Waals surface area contributed by atoms with Crippen molar-refractivity contribution in [2.75, 3.05) is 16.8 Å². The molecule has 0 aliphatic carbocycles. The predicted octanol–water partition coefficient (Wildman–Crippen LogP) is 5.55. The van der Waals surface area contributed by atoms with Gasteiger partial charge in [-0.05, 0) is 78.9 Å². The van der Waals surface area contributed by atoms with Crippen LogP contribution in [0.1, 0.15) is 10.4 Å². The molecule has 0 spiro atoms. The van der Waals surface area contributed by atoms with E-state index in [1.165, 1.54) is 0 Å². The molecule has 0 bridgehead atoms. The van der Waals surface area contributed by atoms with Crippen LogP contribution in [0.2, 0.25) is 0 Å². The van der Waals surface area contributed by atoms with Crippen LogP contribution in [0.5, 0.6) is 0 Å². The van der Waals surface area contributed by atoms with Crippen LogP contribution in [0.15, 0.2) is 107 Å². The zero-order valence-electron chi connectivity index (χ0n) is 21.4. The van der Waals surface area contributed by atoms with Crippen molar-refractivity contribution in [2.24, 2.45) is 24.1 Å². The van der Waals surface area contributed by atoms with Gasteiger partial charge in [-0.3, -0.25) is 4.79 Å². The number of benzene rings is 3. The molecule has 0 atom stereocenters. The Morgan fingerprint density at radius 2 is 1.46 bits per heavy atom. The fourth-order valence-corrected chi connectivity index (χ4v) is 4.01. The van der Waals surface area contributed by atoms with Crippen LogP contribution in [0.4, 0.5) is 28.4 Å². The SMILES string of the molecule is Br.Br.Cn1ccc(=Nc2ccc(NC(=O)c3ccc(N=c4ccn(C)c5cc(N)ccc45)cc3N)cc2)cc1. The number of nitrogen functional groups attached to an aromatic ring is 2. The Kier molecular flexibility index (Phi) is 9.50. The number of aryl methyl sites for hydroxylation is 2. The number of carbonyl (C=O) groups excluding carboxylic acids is 1. The lowest BCUT2D eigenvalue weighted by molar-refractivity contribution is 0.102. The van der Waals surface area contributed by atoms with Crippen molar-refractivity contribution < 1.29 is 4.79 Å². The molecular formula is C29H29Br2N7O. The normalized spacial score (nSPS) is 10.9. The van der Waals surface area contributed by atoms with Gasteiger partial charge in [-0.15, -0.1) is 34.0 Å². The first-order chi connectivity index (χ1) is 17.9. The summed E-state index contributed by atoms with van der Waals surface area (Å²) < 4.78 is 3.94. The third-order valence-corrected chi connectivity index (χ3v) is 6.01. The molecule has 1 amide bonds. The van der Waals surface area contributed by atoms with Crippen LogP contribution in [-0.4, -0.2) is 15.0 Å². The number of nitrogens with two attached hydrogens (primary N) is 2. The number of rotatable bonds is 4. The van der Waals surface area contributed by atoms with Crippen molar-refractivity contribution in [2.45, 2.75) is 0 Å². The zero-order valence-corrected chi connectivity index (χ0v) is 24.8. The van der Waals surface area contributed by atoms with E-state index < -0.39 is 0 Å². The highest BCUT2D eigenvalue weighted by Gasteiger charge is 2.11. The van der Waals surface area contributed by atoms with Crippen LogP contribution in [0, 0.1) is 0 Å². The maximum absolute atomic E-state index is 12.9. The number of carbonyl (C=O) groups is 1. The van der Waals surface area contributed by atoms with Gasteiger partial charge < -0.3 is 25.9 Å². The molecule has 8 nitrogen and oxygen atoms in total. The van der Waals surface area contributed by atoms with Crippen LogP contribution < -0.4 is 27.5 Å². The van der Waals surface area contributed by atoms with E-state index in [2.05, 4.69) is 10.3 Å². The largest absolute Gasteiger partial charge is 0.399 e. The monoisotopic (exact) mass is 649 g/mol. The second-order valence-corrected chi connectivity index (χ2v) is 8.81. The number of nitrogens with one attached hydrogen (secondary N) is 1. The third kappa shape index (κ3) is 6.84.